The molecule has 2 aromatic carbocycles. The Bertz CT molecular complexity index is 1240. The molecule has 0 spiro atoms. The van der Waals surface area contributed by atoms with Crippen molar-refractivity contribution < 1.29 is 23.5 Å². The summed E-state index contributed by atoms with van der Waals surface area (Å²) in [6.07, 6.45) is 1.60. The first-order chi connectivity index (χ1) is 15.4. The van der Waals surface area contributed by atoms with Gasteiger partial charge in [-0.1, -0.05) is 34.4 Å². The van der Waals surface area contributed by atoms with Gasteiger partial charge in [0.05, 0.1) is 29.0 Å². The van der Waals surface area contributed by atoms with Crippen LogP contribution in [0.5, 0.6) is 11.5 Å². The first-order valence-corrected chi connectivity index (χ1v) is 10.3. The molecule has 0 aliphatic carbocycles. The van der Waals surface area contributed by atoms with Gasteiger partial charge < -0.3 is 18.7 Å². The van der Waals surface area contributed by atoms with Crippen LogP contribution in [-0.4, -0.2) is 24.1 Å². The number of methoxy groups -OCH3 is 1. The van der Waals surface area contributed by atoms with Crippen LogP contribution in [0.3, 0.4) is 0 Å². The highest BCUT2D eigenvalue weighted by Crippen LogP contribution is 2.31. The minimum Gasteiger partial charge on any atom is -0.493 e. The van der Waals surface area contributed by atoms with Gasteiger partial charge >= 0.3 is 5.97 Å². The topological polar surface area (TPSA) is 83.2 Å². The number of carbonyl (C=O) groups is 1. The van der Waals surface area contributed by atoms with Crippen LogP contribution in [0.4, 0.5) is 0 Å². The van der Waals surface area contributed by atoms with E-state index >= 15 is 0 Å². The molecule has 0 atom stereocenters. The summed E-state index contributed by atoms with van der Waals surface area (Å²) in [5.74, 6) is 1.29. The normalized spacial score (nSPS) is 14.5. The third-order valence-corrected chi connectivity index (χ3v) is 5.37. The molecule has 0 radical (unpaired) electrons. The summed E-state index contributed by atoms with van der Waals surface area (Å²) >= 11 is 12.1. The number of halogens is 2. The second kappa shape index (κ2) is 9.06. The van der Waals surface area contributed by atoms with Crippen molar-refractivity contribution in [3.05, 3.63) is 80.3 Å². The highest BCUT2D eigenvalue weighted by atomic mass is 35.5. The third kappa shape index (κ3) is 4.49. The van der Waals surface area contributed by atoms with Crippen molar-refractivity contribution in [1.82, 2.24) is 5.16 Å². The molecule has 1 aliphatic rings. The van der Waals surface area contributed by atoms with Crippen LogP contribution in [0.15, 0.2) is 51.6 Å². The van der Waals surface area contributed by atoms with Gasteiger partial charge in [0.15, 0.2) is 17.2 Å². The van der Waals surface area contributed by atoms with Gasteiger partial charge in [-0.25, -0.2) is 9.79 Å². The molecule has 0 N–H and O–H groups in total. The molecule has 1 aliphatic heterocycles. The zero-order valence-electron chi connectivity index (χ0n) is 17.4. The fraction of sp³-hybridized carbons (Fsp3) is 0.174. The Hall–Kier alpha value is -3.29. The van der Waals surface area contributed by atoms with E-state index in [2.05, 4.69) is 10.1 Å². The van der Waals surface area contributed by atoms with Crippen LogP contribution >= 0.6 is 23.2 Å². The molecule has 0 saturated heterocycles. The van der Waals surface area contributed by atoms with E-state index in [-0.39, 0.29) is 11.6 Å². The summed E-state index contributed by atoms with van der Waals surface area (Å²) in [6, 6.07) is 10.1. The van der Waals surface area contributed by atoms with Crippen LogP contribution in [0.25, 0.3) is 6.08 Å². The Balaban J connectivity index is 1.57. The van der Waals surface area contributed by atoms with Crippen LogP contribution in [-0.2, 0) is 16.1 Å². The van der Waals surface area contributed by atoms with E-state index in [9.17, 15) is 4.79 Å². The van der Waals surface area contributed by atoms with Crippen molar-refractivity contribution in [2.24, 2.45) is 4.99 Å². The number of aromatic nitrogens is 1. The number of esters is 1. The number of ether oxygens (including phenoxy) is 3. The molecule has 0 unspecified atom stereocenters. The summed E-state index contributed by atoms with van der Waals surface area (Å²) in [5.41, 5.74) is 2.96. The van der Waals surface area contributed by atoms with Crippen LogP contribution in [0.1, 0.15) is 28.1 Å². The molecular weight excluding hydrogens is 455 g/mol. The van der Waals surface area contributed by atoms with Gasteiger partial charge in [0.1, 0.15) is 12.4 Å². The van der Waals surface area contributed by atoms with E-state index < -0.39 is 5.97 Å². The summed E-state index contributed by atoms with van der Waals surface area (Å²) < 4.78 is 21.8. The first kappa shape index (κ1) is 21.9. The van der Waals surface area contributed by atoms with E-state index in [1.54, 1.807) is 42.5 Å². The number of carbonyl (C=O) groups excluding carboxylic acids is 1. The largest absolute Gasteiger partial charge is 0.493 e. The zero-order valence-corrected chi connectivity index (χ0v) is 19.0. The van der Waals surface area contributed by atoms with Gasteiger partial charge in [0.25, 0.3) is 0 Å². The van der Waals surface area contributed by atoms with Gasteiger partial charge in [-0.15, -0.1) is 0 Å². The van der Waals surface area contributed by atoms with Crippen LogP contribution < -0.4 is 9.47 Å². The smallest absolute Gasteiger partial charge is 0.363 e. The highest BCUT2D eigenvalue weighted by Gasteiger charge is 2.26. The van der Waals surface area contributed by atoms with Crippen molar-refractivity contribution in [2.75, 3.05) is 7.11 Å². The summed E-state index contributed by atoms with van der Waals surface area (Å²) in [6.45, 7) is 3.98. The number of benzene rings is 2. The van der Waals surface area contributed by atoms with Crippen molar-refractivity contribution >= 4 is 41.1 Å². The maximum Gasteiger partial charge on any atom is 0.363 e. The minimum absolute atomic E-state index is 0.120. The lowest BCUT2D eigenvalue weighted by atomic mass is 10.1. The average Bonchev–Trinajstić information content (AvgIpc) is 3.28. The molecule has 164 valence electrons. The zero-order chi connectivity index (χ0) is 22.8. The molecular formula is C23H18Cl2N2O5. The van der Waals surface area contributed by atoms with E-state index in [0.717, 1.165) is 11.3 Å². The fourth-order valence-corrected chi connectivity index (χ4v) is 3.59. The Labute approximate surface area is 194 Å². The lowest BCUT2D eigenvalue weighted by molar-refractivity contribution is -0.129. The molecule has 0 fully saturated rings. The molecule has 4 rings (SSSR count). The van der Waals surface area contributed by atoms with E-state index in [1.165, 1.54) is 7.11 Å². The van der Waals surface area contributed by atoms with Crippen molar-refractivity contribution in [3.63, 3.8) is 0 Å². The molecule has 32 heavy (non-hydrogen) atoms. The van der Waals surface area contributed by atoms with Crippen LogP contribution in [0.2, 0.25) is 10.0 Å². The van der Waals surface area contributed by atoms with Gasteiger partial charge in [0.2, 0.25) is 5.90 Å². The molecule has 1 aromatic heterocycles. The van der Waals surface area contributed by atoms with Gasteiger partial charge in [-0.05, 0) is 55.8 Å². The average molecular weight is 473 g/mol. The van der Waals surface area contributed by atoms with Crippen LogP contribution in [0, 0.1) is 13.8 Å². The minimum atomic E-state index is -0.580. The second-order valence-electron chi connectivity index (χ2n) is 6.96. The maximum absolute atomic E-state index is 12.3. The number of hydrogen-bond acceptors (Lipinski definition) is 7. The van der Waals surface area contributed by atoms with E-state index in [1.807, 2.05) is 13.8 Å². The third-order valence-electron chi connectivity index (χ3n) is 4.83. The summed E-state index contributed by atoms with van der Waals surface area (Å²) in [5, 5.41) is 4.74. The monoisotopic (exact) mass is 472 g/mol. The second-order valence-corrected chi connectivity index (χ2v) is 7.81. The standard InChI is InChI=1S/C23H18Cl2N2O5/c1-12-17(13(2)32-27-12)11-30-20-7-4-14(9-21(20)29-3)8-19-23(28)31-22(26-19)16-6-5-15(24)10-18(16)25/h4-10H,11H2,1-3H3/b19-8-. The Kier molecular flexibility index (Phi) is 6.21. The van der Waals surface area contributed by atoms with Gasteiger partial charge in [0, 0.05) is 5.02 Å². The number of aryl methyl sites for hydroxylation is 2. The molecule has 9 heteroatoms. The number of cyclic esters (lactones) is 1. The van der Waals surface area contributed by atoms with Crippen molar-refractivity contribution in [3.8, 4) is 11.5 Å². The number of nitrogens with zero attached hydrogens (tertiary/aromatic N) is 2. The lowest BCUT2D eigenvalue weighted by Crippen LogP contribution is -2.05. The molecule has 2 heterocycles. The highest BCUT2D eigenvalue weighted by molar-refractivity contribution is 6.37. The molecule has 3 aromatic rings. The molecule has 0 bridgehead atoms. The summed E-state index contributed by atoms with van der Waals surface area (Å²) in [4.78, 5) is 16.6. The van der Waals surface area contributed by atoms with E-state index in [4.69, 9.17) is 41.9 Å². The SMILES string of the molecule is COc1cc(/C=C2\N=C(c3ccc(Cl)cc3Cl)OC2=O)ccc1OCc1c(C)noc1C. The van der Waals surface area contributed by atoms with Crippen molar-refractivity contribution in [1.29, 1.82) is 0 Å². The predicted molar refractivity (Wildman–Crippen MR) is 120 cm³/mol. The Morgan fingerprint density at radius 2 is 1.91 bits per heavy atom. The number of hydrogen-bond donors (Lipinski definition) is 0. The number of rotatable bonds is 6. The fourth-order valence-electron chi connectivity index (χ4n) is 3.10. The van der Waals surface area contributed by atoms with E-state index in [0.29, 0.717) is 45.0 Å². The number of aliphatic imine (C=N–C) groups is 1. The van der Waals surface area contributed by atoms with Gasteiger partial charge in [-0.3, -0.25) is 0 Å². The van der Waals surface area contributed by atoms with Crippen molar-refractivity contribution in [2.45, 2.75) is 20.5 Å². The maximum atomic E-state index is 12.3. The first-order valence-electron chi connectivity index (χ1n) is 9.56. The Morgan fingerprint density at radius 3 is 2.59 bits per heavy atom. The molecule has 0 saturated carbocycles. The molecule has 7 nitrogen and oxygen atoms in total. The predicted octanol–water partition coefficient (Wildman–Crippen LogP) is 5.53. The van der Waals surface area contributed by atoms with Gasteiger partial charge in [-0.2, -0.15) is 0 Å². The Morgan fingerprint density at radius 1 is 1.09 bits per heavy atom. The quantitative estimate of drug-likeness (QED) is 0.346. The molecule has 0 amide bonds. The summed E-state index contributed by atoms with van der Waals surface area (Å²) in [7, 11) is 1.54. The lowest BCUT2D eigenvalue weighted by Gasteiger charge is -2.11.